The van der Waals surface area contributed by atoms with Gasteiger partial charge in [0.2, 0.25) is 5.91 Å². The van der Waals surface area contributed by atoms with Crippen molar-refractivity contribution >= 4 is 17.6 Å². The number of nitrogens with one attached hydrogen (secondary N) is 1. The summed E-state index contributed by atoms with van der Waals surface area (Å²) in [6.07, 6.45) is 4.37. The van der Waals surface area contributed by atoms with Crippen LogP contribution >= 0.6 is 0 Å². The van der Waals surface area contributed by atoms with Gasteiger partial charge in [0.05, 0.1) is 12.5 Å². The molecule has 0 unspecified atom stereocenters. The number of hydrogen-bond acceptors (Lipinski definition) is 4. The SMILES string of the molecule is CCOc1ccc(NC(=O)[C@H]2CC=CC[C@@H]2C(=O)[O-])cc1. The van der Waals surface area contributed by atoms with E-state index in [2.05, 4.69) is 5.32 Å². The summed E-state index contributed by atoms with van der Waals surface area (Å²) < 4.78 is 5.32. The highest BCUT2D eigenvalue weighted by molar-refractivity contribution is 5.95. The van der Waals surface area contributed by atoms with Crippen molar-refractivity contribution < 1.29 is 19.4 Å². The Bertz CT molecular complexity index is 536. The number of anilines is 1. The molecular formula is C16H18NO4-. The highest BCUT2D eigenvalue weighted by atomic mass is 16.5. The first kappa shape index (κ1) is 15.1. The number of amides is 1. The van der Waals surface area contributed by atoms with E-state index in [0.29, 0.717) is 25.1 Å². The van der Waals surface area contributed by atoms with E-state index < -0.39 is 17.8 Å². The molecule has 0 radical (unpaired) electrons. The topological polar surface area (TPSA) is 78.5 Å². The van der Waals surface area contributed by atoms with Crippen molar-refractivity contribution in [2.24, 2.45) is 11.8 Å². The Kier molecular flexibility index (Phi) is 4.98. The maximum atomic E-state index is 12.2. The Morgan fingerprint density at radius 3 is 2.38 bits per heavy atom. The zero-order valence-electron chi connectivity index (χ0n) is 11.9. The molecule has 0 heterocycles. The molecule has 112 valence electrons. The van der Waals surface area contributed by atoms with Crippen LogP contribution in [0.5, 0.6) is 5.75 Å². The number of carbonyl (C=O) groups excluding carboxylic acids is 2. The molecule has 1 aliphatic rings. The molecule has 5 heteroatoms. The lowest BCUT2D eigenvalue weighted by Gasteiger charge is -2.28. The van der Waals surface area contributed by atoms with Crippen molar-refractivity contribution in [3.63, 3.8) is 0 Å². The fourth-order valence-corrected chi connectivity index (χ4v) is 2.40. The van der Waals surface area contributed by atoms with Crippen molar-refractivity contribution in [1.82, 2.24) is 0 Å². The quantitative estimate of drug-likeness (QED) is 0.830. The van der Waals surface area contributed by atoms with E-state index in [1.807, 2.05) is 13.0 Å². The van der Waals surface area contributed by atoms with Crippen LogP contribution in [0.4, 0.5) is 5.69 Å². The summed E-state index contributed by atoms with van der Waals surface area (Å²) in [6, 6.07) is 6.98. The lowest BCUT2D eigenvalue weighted by Crippen LogP contribution is -2.41. The number of ether oxygens (including phenoxy) is 1. The van der Waals surface area contributed by atoms with Gasteiger partial charge in [0.25, 0.3) is 0 Å². The Morgan fingerprint density at radius 2 is 1.81 bits per heavy atom. The largest absolute Gasteiger partial charge is 0.550 e. The van der Waals surface area contributed by atoms with E-state index in [0.717, 1.165) is 5.75 Å². The van der Waals surface area contributed by atoms with Crippen LogP contribution in [0.25, 0.3) is 0 Å². The van der Waals surface area contributed by atoms with Gasteiger partial charge in [-0.05, 0) is 44.0 Å². The van der Waals surface area contributed by atoms with Crippen molar-refractivity contribution in [3.8, 4) is 5.75 Å². The van der Waals surface area contributed by atoms with Crippen molar-refractivity contribution in [2.75, 3.05) is 11.9 Å². The normalized spacial score (nSPS) is 20.8. The molecule has 0 saturated heterocycles. The smallest absolute Gasteiger partial charge is 0.228 e. The molecule has 2 atom stereocenters. The molecule has 0 spiro atoms. The molecule has 1 N–H and O–H groups in total. The van der Waals surface area contributed by atoms with Crippen LogP contribution in [-0.4, -0.2) is 18.5 Å². The third-order valence-corrected chi connectivity index (χ3v) is 3.50. The lowest BCUT2D eigenvalue weighted by molar-refractivity contribution is -0.313. The van der Waals surface area contributed by atoms with E-state index in [1.165, 1.54) is 0 Å². The molecule has 0 aromatic heterocycles. The molecule has 1 aliphatic carbocycles. The van der Waals surface area contributed by atoms with Gasteiger partial charge in [-0.15, -0.1) is 0 Å². The standard InChI is InChI=1S/C16H19NO4/c1-2-21-12-9-7-11(8-10-12)17-15(18)13-5-3-4-6-14(13)16(19)20/h3-4,7-10,13-14H,2,5-6H2,1H3,(H,17,18)(H,19,20)/p-1/t13-,14-/m0/s1. The summed E-state index contributed by atoms with van der Waals surface area (Å²) in [5.41, 5.74) is 0.620. The number of carbonyl (C=O) groups is 2. The number of carboxylic acids is 1. The molecule has 1 amide bonds. The third-order valence-electron chi connectivity index (χ3n) is 3.50. The molecule has 2 rings (SSSR count). The second kappa shape index (κ2) is 6.92. The number of rotatable bonds is 5. The Morgan fingerprint density at radius 1 is 1.19 bits per heavy atom. The average molecular weight is 288 g/mol. The zero-order chi connectivity index (χ0) is 15.2. The van der Waals surface area contributed by atoms with Gasteiger partial charge in [-0.2, -0.15) is 0 Å². The predicted molar refractivity (Wildman–Crippen MR) is 76.6 cm³/mol. The monoisotopic (exact) mass is 288 g/mol. The van der Waals surface area contributed by atoms with Crippen LogP contribution < -0.4 is 15.2 Å². The lowest BCUT2D eigenvalue weighted by atomic mass is 9.82. The molecule has 21 heavy (non-hydrogen) atoms. The van der Waals surface area contributed by atoms with Crippen LogP contribution in [0.2, 0.25) is 0 Å². The van der Waals surface area contributed by atoms with Gasteiger partial charge < -0.3 is 20.0 Å². The summed E-state index contributed by atoms with van der Waals surface area (Å²) >= 11 is 0. The van der Waals surface area contributed by atoms with Gasteiger partial charge in [-0.25, -0.2) is 0 Å². The minimum absolute atomic E-state index is 0.294. The first-order valence-electron chi connectivity index (χ1n) is 7.01. The van der Waals surface area contributed by atoms with E-state index in [4.69, 9.17) is 4.74 Å². The summed E-state index contributed by atoms with van der Waals surface area (Å²) in [5.74, 6) is -2.10. The zero-order valence-corrected chi connectivity index (χ0v) is 11.9. The van der Waals surface area contributed by atoms with Gasteiger partial charge in [0.1, 0.15) is 5.75 Å². The minimum atomic E-state index is -1.17. The van der Waals surface area contributed by atoms with Crippen molar-refractivity contribution in [3.05, 3.63) is 36.4 Å². The van der Waals surface area contributed by atoms with Crippen LogP contribution in [0.3, 0.4) is 0 Å². The van der Waals surface area contributed by atoms with Gasteiger partial charge in [-0.3, -0.25) is 4.79 Å². The minimum Gasteiger partial charge on any atom is -0.550 e. The Balaban J connectivity index is 2.02. The average Bonchev–Trinajstić information content (AvgIpc) is 2.49. The molecule has 0 saturated carbocycles. The van der Waals surface area contributed by atoms with Gasteiger partial charge in [0.15, 0.2) is 0 Å². The van der Waals surface area contributed by atoms with Crippen molar-refractivity contribution in [2.45, 2.75) is 19.8 Å². The second-order valence-electron chi connectivity index (χ2n) is 4.92. The maximum Gasteiger partial charge on any atom is 0.228 e. The van der Waals surface area contributed by atoms with Crippen LogP contribution in [-0.2, 0) is 9.59 Å². The number of hydrogen-bond donors (Lipinski definition) is 1. The van der Waals surface area contributed by atoms with E-state index >= 15 is 0 Å². The van der Waals surface area contributed by atoms with Gasteiger partial charge >= 0.3 is 0 Å². The molecule has 1 aromatic carbocycles. The Labute approximate surface area is 123 Å². The maximum absolute atomic E-state index is 12.2. The fraction of sp³-hybridized carbons (Fsp3) is 0.375. The molecular weight excluding hydrogens is 270 g/mol. The summed E-state index contributed by atoms with van der Waals surface area (Å²) in [7, 11) is 0. The van der Waals surface area contributed by atoms with Crippen LogP contribution in [0, 0.1) is 11.8 Å². The third kappa shape index (κ3) is 3.84. The molecule has 0 bridgehead atoms. The van der Waals surface area contributed by atoms with Crippen LogP contribution in [0.15, 0.2) is 36.4 Å². The number of carboxylic acid groups (broad SMARTS) is 1. The van der Waals surface area contributed by atoms with Crippen LogP contribution in [0.1, 0.15) is 19.8 Å². The first-order valence-corrected chi connectivity index (χ1v) is 7.01. The highest BCUT2D eigenvalue weighted by Crippen LogP contribution is 2.27. The van der Waals surface area contributed by atoms with Crippen molar-refractivity contribution in [1.29, 1.82) is 0 Å². The molecule has 1 aromatic rings. The first-order chi connectivity index (χ1) is 10.1. The summed E-state index contributed by atoms with van der Waals surface area (Å²) in [5, 5.41) is 13.8. The number of benzene rings is 1. The summed E-state index contributed by atoms with van der Waals surface area (Å²) in [4.78, 5) is 23.3. The fourth-order valence-electron chi connectivity index (χ4n) is 2.40. The predicted octanol–water partition coefficient (Wildman–Crippen LogP) is 1.36. The molecule has 0 fully saturated rings. The Hall–Kier alpha value is -2.30. The van der Waals surface area contributed by atoms with Gasteiger partial charge in [0, 0.05) is 17.6 Å². The van der Waals surface area contributed by atoms with Gasteiger partial charge in [-0.1, -0.05) is 12.2 Å². The van der Waals surface area contributed by atoms with E-state index in [9.17, 15) is 14.7 Å². The molecule has 5 nitrogen and oxygen atoms in total. The summed E-state index contributed by atoms with van der Waals surface area (Å²) in [6.45, 7) is 2.47. The number of allylic oxidation sites excluding steroid dienone is 2. The number of aliphatic carboxylic acids is 1. The second-order valence-corrected chi connectivity index (χ2v) is 4.92. The van der Waals surface area contributed by atoms with E-state index in [1.54, 1.807) is 30.3 Å². The highest BCUT2D eigenvalue weighted by Gasteiger charge is 2.29. The van der Waals surface area contributed by atoms with E-state index in [-0.39, 0.29) is 5.91 Å². The molecule has 0 aliphatic heterocycles.